The minimum Gasteiger partial charge on any atom is -0.368 e. The molecule has 1 saturated heterocycles. The molecule has 1 aliphatic rings. The molecular formula is C11H10BrClFNO2. The van der Waals surface area contributed by atoms with Crippen molar-refractivity contribution in [3.8, 4) is 0 Å². The standard InChI is InChI=1S/C11H10BrClFNO2/c12-6-4-9(7(13)5-8(6)14)15-11(16)10-2-1-3-17-10/h4-5,10H,1-3H2,(H,15,16)/t10-/m1/s1. The summed E-state index contributed by atoms with van der Waals surface area (Å²) in [5, 5.41) is 2.79. The lowest BCUT2D eigenvalue weighted by molar-refractivity contribution is -0.124. The van der Waals surface area contributed by atoms with Crippen LogP contribution in [0.2, 0.25) is 5.02 Å². The van der Waals surface area contributed by atoms with E-state index in [4.69, 9.17) is 16.3 Å². The van der Waals surface area contributed by atoms with Crippen molar-refractivity contribution in [2.75, 3.05) is 11.9 Å². The Labute approximate surface area is 111 Å². The van der Waals surface area contributed by atoms with Gasteiger partial charge in [-0.25, -0.2) is 4.39 Å². The van der Waals surface area contributed by atoms with Crippen molar-refractivity contribution in [2.45, 2.75) is 18.9 Å². The van der Waals surface area contributed by atoms with Crippen molar-refractivity contribution < 1.29 is 13.9 Å². The van der Waals surface area contributed by atoms with Crippen LogP contribution in [0.1, 0.15) is 12.8 Å². The number of carbonyl (C=O) groups excluding carboxylic acids is 1. The number of rotatable bonds is 2. The normalized spacial score (nSPS) is 19.4. The lowest BCUT2D eigenvalue weighted by atomic mass is 10.2. The number of halogens is 3. The van der Waals surface area contributed by atoms with Crippen LogP contribution in [0.4, 0.5) is 10.1 Å². The predicted octanol–water partition coefficient (Wildman–Crippen LogP) is 3.36. The molecule has 1 amide bonds. The molecule has 3 nitrogen and oxygen atoms in total. The molecule has 0 aromatic heterocycles. The summed E-state index contributed by atoms with van der Waals surface area (Å²) < 4.78 is 18.6. The topological polar surface area (TPSA) is 38.3 Å². The van der Waals surface area contributed by atoms with Crippen LogP contribution in [0.15, 0.2) is 16.6 Å². The Bertz CT molecular complexity index is 449. The van der Waals surface area contributed by atoms with E-state index >= 15 is 0 Å². The van der Waals surface area contributed by atoms with Crippen LogP contribution in [0.5, 0.6) is 0 Å². The third-order valence-electron chi connectivity index (χ3n) is 2.49. The summed E-state index contributed by atoms with van der Waals surface area (Å²) in [6, 6.07) is 2.58. The fraction of sp³-hybridized carbons (Fsp3) is 0.364. The molecule has 92 valence electrons. The highest BCUT2D eigenvalue weighted by molar-refractivity contribution is 9.10. The Morgan fingerprint density at radius 2 is 2.35 bits per heavy atom. The average Bonchev–Trinajstić information content (AvgIpc) is 2.79. The first-order valence-corrected chi connectivity index (χ1v) is 6.32. The zero-order valence-corrected chi connectivity index (χ0v) is 11.1. The SMILES string of the molecule is O=C(Nc1cc(Br)c(F)cc1Cl)[C@H]1CCCO1. The summed E-state index contributed by atoms with van der Waals surface area (Å²) in [6.45, 7) is 0.596. The van der Waals surface area contributed by atoms with Gasteiger partial charge in [-0.15, -0.1) is 0 Å². The van der Waals surface area contributed by atoms with Gasteiger partial charge in [-0.3, -0.25) is 4.79 Å². The molecule has 1 N–H and O–H groups in total. The summed E-state index contributed by atoms with van der Waals surface area (Å²) in [5.41, 5.74) is 0.375. The number of anilines is 1. The smallest absolute Gasteiger partial charge is 0.253 e. The minimum atomic E-state index is -0.467. The Morgan fingerprint density at radius 1 is 1.59 bits per heavy atom. The van der Waals surface area contributed by atoms with Gasteiger partial charge in [0.05, 0.1) is 15.2 Å². The molecule has 2 rings (SSSR count). The fourth-order valence-corrected chi connectivity index (χ4v) is 2.16. The molecule has 0 aliphatic carbocycles. The Hall–Kier alpha value is -0.650. The molecule has 1 atom stereocenters. The second kappa shape index (κ2) is 5.33. The summed E-state index contributed by atoms with van der Waals surface area (Å²) in [7, 11) is 0. The van der Waals surface area contributed by atoms with E-state index in [-0.39, 0.29) is 15.4 Å². The van der Waals surface area contributed by atoms with Gasteiger partial charge in [0.2, 0.25) is 0 Å². The number of hydrogen-bond donors (Lipinski definition) is 1. The highest BCUT2D eigenvalue weighted by atomic mass is 79.9. The van der Waals surface area contributed by atoms with E-state index in [0.29, 0.717) is 18.7 Å². The molecule has 0 saturated carbocycles. The van der Waals surface area contributed by atoms with Crippen molar-refractivity contribution in [3.05, 3.63) is 27.4 Å². The predicted molar refractivity (Wildman–Crippen MR) is 66.7 cm³/mol. The van der Waals surface area contributed by atoms with Crippen molar-refractivity contribution in [1.82, 2.24) is 0 Å². The molecule has 0 bridgehead atoms. The quantitative estimate of drug-likeness (QED) is 0.848. The zero-order chi connectivity index (χ0) is 12.4. The van der Waals surface area contributed by atoms with E-state index < -0.39 is 11.9 Å². The summed E-state index contributed by atoms with van der Waals surface area (Å²) in [6.07, 6.45) is 1.14. The van der Waals surface area contributed by atoms with E-state index in [0.717, 1.165) is 12.5 Å². The van der Waals surface area contributed by atoms with Crippen LogP contribution in [0.25, 0.3) is 0 Å². The van der Waals surface area contributed by atoms with E-state index in [1.807, 2.05) is 0 Å². The van der Waals surface area contributed by atoms with Crippen LogP contribution in [-0.4, -0.2) is 18.6 Å². The number of ether oxygens (including phenoxy) is 1. The van der Waals surface area contributed by atoms with Crippen molar-refractivity contribution in [1.29, 1.82) is 0 Å². The molecule has 1 aromatic rings. The van der Waals surface area contributed by atoms with E-state index in [1.54, 1.807) is 0 Å². The molecule has 0 unspecified atom stereocenters. The average molecular weight is 323 g/mol. The van der Waals surface area contributed by atoms with Gasteiger partial charge in [0.25, 0.3) is 5.91 Å². The molecule has 1 fully saturated rings. The van der Waals surface area contributed by atoms with Crippen molar-refractivity contribution >= 4 is 39.1 Å². The van der Waals surface area contributed by atoms with Crippen LogP contribution in [0.3, 0.4) is 0 Å². The second-order valence-corrected chi connectivity index (χ2v) is 5.00. The van der Waals surface area contributed by atoms with E-state index in [9.17, 15) is 9.18 Å². The number of nitrogens with one attached hydrogen (secondary N) is 1. The summed E-state index contributed by atoms with van der Waals surface area (Å²) >= 11 is 8.87. The van der Waals surface area contributed by atoms with Crippen LogP contribution in [-0.2, 0) is 9.53 Å². The molecule has 0 spiro atoms. The van der Waals surface area contributed by atoms with Gasteiger partial charge in [0, 0.05) is 6.61 Å². The first-order valence-electron chi connectivity index (χ1n) is 5.15. The van der Waals surface area contributed by atoms with Crippen LogP contribution < -0.4 is 5.32 Å². The number of hydrogen-bond acceptors (Lipinski definition) is 2. The Balaban J connectivity index is 2.12. The second-order valence-electron chi connectivity index (χ2n) is 3.74. The highest BCUT2D eigenvalue weighted by Crippen LogP contribution is 2.29. The Morgan fingerprint density at radius 3 is 3.00 bits per heavy atom. The molecular weight excluding hydrogens is 312 g/mol. The minimum absolute atomic E-state index is 0.164. The summed E-state index contributed by atoms with van der Waals surface area (Å²) in [4.78, 5) is 11.8. The molecule has 1 aliphatic heterocycles. The van der Waals surface area contributed by atoms with E-state index in [2.05, 4.69) is 21.2 Å². The van der Waals surface area contributed by atoms with Gasteiger partial charge in [-0.05, 0) is 40.9 Å². The fourth-order valence-electron chi connectivity index (χ4n) is 1.62. The highest BCUT2D eigenvalue weighted by Gasteiger charge is 2.24. The van der Waals surface area contributed by atoms with Crippen molar-refractivity contribution in [2.24, 2.45) is 0 Å². The molecule has 17 heavy (non-hydrogen) atoms. The first kappa shape index (κ1) is 12.8. The summed E-state index contributed by atoms with van der Waals surface area (Å²) in [5.74, 6) is -0.715. The number of amides is 1. The monoisotopic (exact) mass is 321 g/mol. The third-order valence-corrected chi connectivity index (χ3v) is 3.41. The Kier molecular flexibility index (Phi) is 4.01. The van der Waals surface area contributed by atoms with Gasteiger partial charge >= 0.3 is 0 Å². The van der Waals surface area contributed by atoms with E-state index in [1.165, 1.54) is 6.07 Å². The largest absolute Gasteiger partial charge is 0.368 e. The van der Waals surface area contributed by atoms with Crippen LogP contribution in [0, 0.1) is 5.82 Å². The molecule has 1 aromatic carbocycles. The van der Waals surface area contributed by atoms with Gasteiger partial charge in [-0.1, -0.05) is 11.6 Å². The van der Waals surface area contributed by atoms with Gasteiger partial charge < -0.3 is 10.1 Å². The number of benzene rings is 1. The lowest BCUT2D eigenvalue weighted by Gasteiger charge is -2.12. The molecule has 6 heteroatoms. The first-order chi connectivity index (χ1) is 8.08. The maximum atomic E-state index is 13.1. The van der Waals surface area contributed by atoms with Gasteiger partial charge in [0.1, 0.15) is 11.9 Å². The molecule has 0 radical (unpaired) electrons. The maximum Gasteiger partial charge on any atom is 0.253 e. The van der Waals surface area contributed by atoms with Gasteiger partial charge in [0.15, 0.2) is 0 Å². The molecule has 1 heterocycles. The zero-order valence-electron chi connectivity index (χ0n) is 8.80. The third kappa shape index (κ3) is 2.97. The number of carbonyl (C=O) groups is 1. The van der Waals surface area contributed by atoms with Crippen LogP contribution >= 0.6 is 27.5 Å². The van der Waals surface area contributed by atoms with Gasteiger partial charge in [-0.2, -0.15) is 0 Å². The maximum absolute atomic E-state index is 13.1. The lowest BCUT2D eigenvalue weighted by Crippen LogP contribution is -2.27. The van der Waals surface area contributed by atoms with Crippen molar-refractivity contribution in [3.63, 3.8) is 0 Å².